The van der Waals surface area contributed by atoms with Crippen LogP contribution in [0.15, 0.2) is 42.5 Å². The quantitative estimate of drug-likeness (QED) is 0.501. The molecule has 0 heterocycles. The fourth-order valence-electron chi connectivity index (χ4n) is 3.05. The molecule has 158 valence electrons. The van der Waals surface area contributed by atoms with E-state index >= 15 is 0 Å². The fraction of sp³-hybridized carbons (Fsp3) is 0.435. The lowest BCUT2D eigenvalue weighted by Crippen LogP contribution is -2.34. The molecular formula is C23H31NO5. The van der Waals surface area contributed by atoms with Crippen LogP contribution in [0, 0.1) is 6.92 Å². The molecule has 6 nitrogen and oxygen atoms in total. The Morgan fingerprint density at radius 2 is 1.90 bits per heavy atom. The number of carbonyl (C=O) groups is 1. The summed E-state index contributed by atoms with van der Waals surface area (Å²) in [6.07, 6.45) is 0.403. The lowest BCUT2D eigenvalue weighted by molar-refractivity contribution is -0.143. The Morgan fingerprint density at radius 1 is 1.17 bits per heavy atom. The summed E-state index contributed by atoms with van der Waals surface area (Å²) in [6.45, 7) is 7.00. The summed E-state index contributed by atoms with van der Waals surface area (Å²) >= 11 is 0. The second kappa shape index (κ2) is 11.4. The first-order chi connectivity index (χ1) is 13.9. The first kappa shape index (κ1) is 22.7. The maximum atomic E-state index is 11.3. The van der Waals surface area contributed by atoms with E-state index in [0.717, 1.165) is 35.4 Å². The monoisotopic (exact) mass is 401 g/mol. The van der Waals surface area contributed by atoms with Crippen molar-refractivity contribution >= 4 is 5.97 Å². The van der Waals surface area contributed by atoms with Crippen LogP contribution in [0.25, 0.3) is 0 Å². The summed E-state index contributed by atoms with van der Waals surface area (Å²) in [5, 5.41) is 23.4. The lowest BCUT2D eigenvalue weighted by atomic mass is 9.98. The van der Waals surface area contributed by atoms with Gasteiger partial charge in [-0.15, -0.1) is 0 Å². The molecule has 0 unspecified atom stereocenters. The van der Waals surface area contributed by atoms with Crippen LogP contribution in [-0.4, -0.2) is 42.0 Å². The number of phenols is 1. The van der Waals surface area contributed by atoms with Crippen molar-refractivity contribution < 1.29 is 24.5 Å². The molecule has 3 N–H and O–H groups in total. The number of aliphatic hydroxyl groups is 1. The van der Waals surface area contributed by atoms with Crippen LogP contribution < -0.4 is 10.1 Å². The van der Waals surface area contributed by atoms with Gasteiger partial charge in [0.05, 0.1) is 25.7 Å². The molecule has 0 saturated heterocycles. The number of aliphatic hydroxyl groups excluding tert-OH is 1. The molecule has 0 amide bonds. The van der Waals surface area contributed by atoms with E-state index in [1.54, 1.807) is 25.1 Å². The average molecular weight is 402 g/mol. The van der Waals surface area contributed by atoms with Gasteiger partial charge in [0.2, 0.25) is 0 Å². The van der Waals surface area contributed by atoms with Crippen molar-refractivity contribution in [1.29, 1.82) is 0 Å². The average Bonchev–Trinajstić information content (AvgIpc) is 2.69. The van der Waals surface area contributed by atoms with Gasteiger partial charge in [0.15, 0.2) is 0 Å². The standard InChI is InChI=1S/C23H31NO5/c1-4-28-22(26)12-14-29-20-8-5-18(6-9-20)11-13-24-17(3)23(27)21-10-7-19(25)15-16(21)2/h5-10,15,17,23-25,27H,4,11-14H2,1-3H3/t17-,23-/m0/s1. The number of carbonyl (C=O) groups excluding carboxylic acids is 1. The third-order valence-corrected chi connectivity index (χ3v) is 4.73. The van der Waals surface area contributed by atoms with Crippen LogP contribution in [0.5, 0.6) is 11.5 Å². The molecule has 6 heteroatoms. The predicted molar refractivity (Wildman–Crippen MR) is 112 cm³/mol. The molecule has 29 heavy (non-hydrogen) atoms. The molecule has 0 aliphatic heterocycles. The summed E-state index contributed by atoms with van der Waals surface area (Å²) in [7, 11) is 0. The minimum atomic E-state index is -0.647. The summed E-state index contributed by atoms with van der Waals surface area (Å²) in [6, 6.07) is 12.6. The zero-order chi connectivity index (χ0) is 21.2. The minimum absolute atomic E-state index is 0.122. The summed E-state index contributed by atoms with van der Waals surface area (Å²) < 4.78 is 10.4. The Kier molecular flexibility index (Phi) is 8.96. The number of esters is 1. The normalized spacial score (nSPS) is 13.0. The number of ether oxygens (including phenoxy) is 2. The summed E-state index contributed by atoms with van der Waals surface area (Å²) in [4.78, 5) is 11.3. The molecular weight excluding hydrogens is 370 g/mol. The van der Waals surface area contributed by atoms with Crippen molar-refractivity contribution in [3.8, 4) is 11.5 Å². The molecule has 0 saturated carbocycles. The molecule has 2 aromatic rings. The third kappa shape index (κ3) is 7.40. The van der Waals surface area contributed by atoms with E-state index in [-0.39, 0.29) is 24.2 Å². The summed E-state index contributed by atoms with van der Waals surface area (Å²) in [5.74, 6) is 0.666. The molecule has 0 spiro atoms. The SMILES string of the molecule is CCOC(=O)CCOc1ccc(CCN[C@@H](C)[C@H](O)c2ccc(O)cc2C)cc1. The van der Waals surface area contributed by atoms with E-state index in [1.165, 1.54) is 0 Å². The van der Waals surface area contributed by atoms with Crippen LogP contribution in [0.4, 0.5) is 0 Å². The van der Waals surface area contributed by atoms with Gasteiger partial charge >= 0.3 is 5.97 Å². The number of phenolic OH excluding ortho intramolecular Hbond substituents is 1. The largest absolute Gasteiger partial charge is 0.508 e. The van der Waals surface area contributed by atoms with Crippen LogP contribution in [0.1, 0.15) is 43.1 Å². The van der Waals surface area contributed by atoms with Gasteiger partial charge in [-0.3, -0.25) is 4.79 Å². The number of hydrogen-bond donors (Lipinski definition) is 3. The molecule has 2 rings (SSSR count). The van der Waals surface area contributed by atoms with Gasteiger partial charge in [-0.1, -0.05) is 18.2 Å². The highest BCUT2D eigenvalue weighted by molar-refractivity contribution is 5.69. The van der Waals surface area contributed by atoms with E-state index in [4.69, 9.17) is 9.47 Å². The second-order valence-corrected chi connectivity index (χ2v) is 7.03. The van der Waals surface area contributed by atoms with Crippen molar-refractivity contribution in [2.24, 2.45) is 0 Å². The number of aromatic hydroxyl groups is 1. The highest BCUT2D eigenvalue weighted by Gasteiger charge is 2.17. The number of hydrogen-bond acceptors (Lipinski definition) is 6. The van der Waals surface area contributed by atoms with Crippen molar-refractivity contribution in [1.82, 2.24) is 5.32 Å². The number of aryl methyl sites for hydroxylation is 1. The van der Waals surface area contributed by atoms with Crippen molar-refractivity contribution in [3.63, 3.8) is 0 Å². The molecule has 2 atom stereocenters. The van der Waals surface area contributed by atoms with Gasteiger partial charge in [-0.05, 0) is 74.7 Å². The lowest BCUT2D eigenvalue weighted by Gasteiger charge is -2.22. The second-order valence-electron chi connectivity index (χ2n) is 7.03. The van der Waals surface area contributed by atoms with Crippen molar-refractivity contribution in [3.05, 3.63) is 59.2 Å². The Morgan fingerprint density at radius 3 is 2.55 bits per heavy atom. The van der Waals surface area contributed by atoms with Crippen LogP contribution in [-0.2, 0) is 16.0 Å². The smallest absolute Gasteiger partial charge is 0.309 e. The predicted octanol–water partition coefficient (Wildman–Crippen LogP) is 3.29. The maximum absolute atomic E-state index is 11.3. The third-order valence-electron chi connectivity index (χ3n) is 4.73. The van der Waals surface area contributed by atoms with E-state index < -0.39 is 6.10 Å². The Bertz CT molecular complexity index is 775. The van der Waals surface area contributed by atoms with Gasteiger partial charge in [-0.25, -0.2) is 0 Å². The highest BCUT2D eigenvalue weighted by atomic mass is 16.5. The molecule has 0 aromatic heterocycles. The first-order valence-electron chi connectivity index (χ1n) is 9.99. The highest BCUT2D eigenvalue weighted by Crippen LogP contribution is 2.24. The van der Waals surface area contributed by atoms with Crippen molar-refractivity contribution in [2.45, 2.75) is 45.8 Å². The van der Waals surface area contributed by atoms with E-state index in [2.05, 4.69) is 5.32 Å². The molecule has 2 aromatic carbocycles. The molecule has 0 aliphatic rings. The summed E-state index contributed by atoms with van der Waals surface area (Å²) in [5.41, 5.74) is 2.83. The van der Waals surface area contributed by atoms with Gasteiger partial charge in [0.25, 0.3) is 0 Å². The van der Waals surface area contributed by atoms with E-state index in [0.29, 0.717) is 13.2 Å². The topological polar surface area (TPSA) is 88.0 Å². The number of benzene rings is 2. The van der Waals surface area contributed by atoms with E-state index in [1.807, 2.05) is 38.1 Å². The molecule has 0 radical (unpaired) electrons. The molecule has 0 aliphatic carbocycles. The van der Waals surface area contributed by atoms with E-state index in [9.17, 15) is 15.0 Å². The van der Waals surface area contributed by atoms with Crippen LogP contribution in [0.2, 0.25) is 0 Å². The zero-order valence-electron chi connectivity index (χ0n) is 17.4. The van der Waals surface area contributed by atoms with Gasteiger partial charge in [0.1, 0.15) is 11.5 Å². The van der Waals surface area contributed by atoms with Crippen LogP contribution in [0.3, 0.4) is 0 Å². The first-order valence-corrected chi connectivity index (χ1v) is 9.99. The van der Waals surface area contributed by atoms with Gasteiger partial charge < -0.3 is 25.0 Å². The Labute approximate surface area is 172 Å². The van der Waals surface area contributed by atoms with Gasteiger partial charge in [-0.2, -0.15) is 0 Å². The van der Waals surface area contributed by atoms with Crippen molar-refractivity contribution in [2.75, 3.05) is 19.8 Å². The zero-order valence-corrected chi connectivity index (χ0v) is 17.4. The molecule has 0 bridgehead atoms. The van der Waals surface area contributed by atoms with Crippen LogP contribution >= 0.6 is 0 Å². The minimum Gasteiger partial charge on any atom is -0.508 e. The van der Waals surface area contributed by atoms with Gasteiger partial charge in [0, 0.05) is 6.04 Å². The maximum Gasteiger partial charge on any atom is 0.309 e. The number of nitrogens with one attached hydrogen (secondary N) is 1. The Balaban J connectivity index is 1.74. The fourth-order valence-corrected chi connectivity index (χ4v) is 3.05. The number of rotatable bonds is 11. The molecule has 0 fully saturated rings. The Hall–Kier alpha value is -2.57.